The molecule has 0 saturated heterocycles. The first kappa shape index (κ1) is 28.9. The maximum absolute atomic E-state index is 12.9. The Morgan fingerprint density at radius 2 is 1.79 bits per heavy atom. The zero-order valence-corrected chi connectivity index (χ0v) is 20.9. The number of Topliss-reactive ketones (excluding diaryl/α,β-unsaturated/α-hetero) is 1. The number of hydrogen-bond acceptors (Lipinski definition) is 7. The average Bonchev–Trinajstić information content (AvgIpc) is 2.89. The molecule has 0 aliphatic heterocycles. The molecule has 9 nitrogen and oxygen atoms in total. The standard InChI is InChI=1S/C26H19ClF3N3O6/c1-32(17-5-3-2-4-6-17)25(35)19(15-31)22(34)11-12-38-24-14-18(8-9-21(24)33(36)37)39-23-10-7-16(13-20(23)27)26(28,29)30/h2-10,13-14,19H,11-12H2,1H3. The van der Waals surface area contributed by atoms with Crippen molar-refractivity contribution in [2.75, 3.05) is 18.6 Å². The van der Waals surface area contributed by atoms with E-state index in [4.69, 9.17) is 21.1 Å². The van der Waals surface area contributed by atoms with Gasteiger partial charge in [-0.05, 0) is 36.4 Å². The van der Waals surface area contributed by atoms with Gasteiger partial charge in [0.2, 0.25) is 5.75 Å². The normalized spacial score (nSPS) is 11.7. The van der Waals surface area contributed by atoms with E-state index in [9.17, 15) is 38.1 Å². The lowest BCUT2D eigenvalue weighted by molar-refractivity contribution is -0.385. The van der Waals surface area contributed by atoms with Gasteiger partial charge in [0.15, 0.2) is 11.7 Å². The van der Waals surface area contributed by atoms with Crippen LogP contribution in [-0.4, -0.2) is 30.3 Å². The van der Waals surface area contributed by atoms with Gasteiger partial charge in [-0.2, -0.15) is 18.4 Å². The fourth-order valence-corrected chi connectivity index (χ4v) is 3.57. The number of anilines is 1. The minimum atomic E-state index is -4.61. The number of carbonyl (C=O) groups is 2. The van der Waals surface area contributed by atoms with E-state index in [0.717, 1.165) is 24.3 Å². The lowest BCUT2D eigenvalue weighted by Crippen LogP contribution is -2.36. The monoisotopic (exact) mass is 561 g/mol. The van der Waals surface area contributed by atoms with Gasteiger partial charge in [-0.3, -0.25) is 19.7 Å². The summed E-state index contributed by atoms with van der Waals surface area (Å²) in [7, 11) is 1.42. The first-order valence-electron chi connectivity index (χ1n) is 11.1. The number of ketones is 1. The van der Waals surface area contributed by atoms with Gasteiger partial charge < -0.3 is 14.4 Å². The highest BCUT2D eigenvalue weighted by Gasteiger charge is 2.31. The summed E-state index contributed by atoms with van der Waals surface area (Å²) >= 11 is 5.90. The van der Waals surface area contributed by atoms with Crippen LogP contribution in [0.5, 0.6) is 17.2 Å². The fourth-order valence-electron chi connectivity index (χ4n) is 3.35. The molecule has 0 saturated carbocycles. The van der Waals surface area contributed by atoms with Crippen LogP contribution in [0.1, 0.15) is 12.0 Å². The Bertz CT molecular complexity index is 1430. The van der Waals surface area contributed by atoms with Crippen LogP contribution in [0, 0.1) is 27.4 Å². The molecule has 0 N–H and O–H groups in total. The van der Waals surface area contributed by atoms with E-state index in [2.05, 4.69) is 0 Å². The molecule has 1 atom stereocenters. The van der Waals surface area contributed by atoms with Gasteiger partial charge in [-0.1, -0.05) is 29.8 Å². The molecule has 0 aromatic heterocycles. The second-order valence-corrected chi connectivity index (χ2v) is 8.40. The van der Waals surface area contributed by atoms with Crippen LogP contribution >= 0.6 is 11.6 Å². The average molecular weight is 562 g/mol. The maximum atomic E-state index is 12.9. The maximum Gasteiger partial charge on any atom is 0.416 e. The van der Waals surface area contributed by atoms with Crippen molar-refractivity contribution >= 4 is 34.7 Å². The van der Waals surface area contributed by atoms with Gasteiger partial charge in [0, 0.05) is 31.3 Å². The Morgan fingerprint density at radius 1 is 1.10 bits per heavy atom. The molecule has 202 valence electrons. The van der Waals surface area contributed by atoms with Crippen LogP contribution in [0.25, 0.3) is 0 Å². The van der Waals surface area contributed by atoms with E-state index in [1.165, 1.54) is 18.0 Å². The topological polar surface area (TPSA) is 123 Å². The number of nitrogens with zero attached hydrogens (tertiary/aromatic N) is 3. The molecular formula is C26H19ClF3N3O6. The number of nitro groups is 1. The molecule has 0 bridgehead atoms. The van der Waals surface area contributed by atoms with Crippen LogP contribution in [0.15, 0.2) is 66.7 Å². The molecule has 0 aliphatic carbocycles. The number of amides is 1. The summed E-state index contributed by atoms with van der Waals surface area (Å²) in [6, 6.07) is 15.8. The van der Waals surface area contributed by atoms with Gasteiger partial charge in [-0.15, -0.1) is 0 Å². The molecule has 3 rings (SSSR count). The Balaban J connectivity index is 1.70. The highest BCUT2D eigenvalue weighted by Crippen LogP contribution is 2.38. The lowest BCUT2D eigenvalue weighted by atomic mass is 10.0. The van der Waals surface area contributed by atoms with Gasteiger partial charge in [0.1, 0.15) is 11.5 Å². The molecule has 3 aromatic rings. The van der Waals surface area contributed by atoms with E-state index < -0.39 is 53.0 Å². The summed E-state index contributed by atoms with van der Waals surface area (Å²) in [6.07, 6.45) is -5.03. The summed E-state index contributed by atoms with van der Waals surface area (Å²) in [5.74, 6) is -3.61. The summed E-state index contributed by atoms with van der Waals surface area (Å²) in [6.45, 7) is -0.412. The Hall–Kier alpha value is -4.63. The predicted molar refractivity (Wildman–Crippen MR) is 134 cm³/mol. The van der Waals surface area contributed by atoms with Gasteiger partial charge >= 0.3 is 11.9 Å². The lowest BCUT2D eigenvalue weighted by Gasteiger charge is -2.19. The Kier molecular flexibility index (Phi) is 9.11. The molecule has 0 heterocycles. The predicted octanol–water partition coefficient (Wildman–Crippen LogP) is 6.20. The van der Waals surface area contributed by atoms with Crippen molar-refractivity contribution in [2.45, 2.75) is 12.6 Å². The molecular weight excluding hydrogens is 543 g/mol. The van der Waals surface area contributed by atoms with Gasteiger partial charge in [-0.25, -0.2) is 0 Å². The number of ether oxygens (including phenoxy) is 2. The second-order valence-electron chi connectivity index (χ2n) is 7.99. The van der Waals surface area contributed by atoms with Crippen LogP contribution < -0.4 is 14.4 Å². The summed E-state index contributed by atoms with van der Waals surface area (Å²) < 4.78 is 49.5. The minimum Gasteiger partial charge on any atom is -0.486 e. The molecule has 13 heteroatoms. The molecule has 0 spiro atoms. The van der Waals surface area contributed by atoms with Crippen molar-refractivity contribution in [3.8, 4) is 23.3 Å². The van der Waals surface area contributed by atoms with Crippen molar-refractivity contribution in [3.05, 3.63) is 87.4 Å². The largest absolute Gasteiger partial charge is 0.486 e. The Morgan fingerprint density at radius 3 is 2.38 bits per heavy atom. The van der Waals surface area contributed by atoms with Gasteiger partial charge in [0.05, 0.1) is 28.2 Å². The first-order valence-corrected chi connectivity index (χ1v) is 11.5. The molecule has 1 amide bonds. The number of benzene rings is 3. The quantitative estimate of drug-likeness (QED) is 0.164. The van der Waals surface area contributed by atoms with E-state index in [0.29, 0.717) is 11.8 Å². The minimum absolute atomic E-state index is 0.0434. The van der Waals surface area contributed by atoms with Crippen LogP contribution in [0.4, 0.5) is 24.5 Å². The zero-order valence-electron chi connectivity index (χ0n) is 20.1. The third kappa shape index (κ3) is 7.24. The number of carbonyl (C=O) groups excluding carboxylic acids is 2. The van der Waals surface area contributed by atoms with Crippen molar-refractivity contribution in [1.29, 1.82) is 5.26 Å². The SMILES string of the molecule is CN(C(=O)C(C#N)C(=O)CCOc1cc(Oc2ccc(C(F)(F)F)cc2Cl)ccc1[N+](=O)[O-])c1ccccc1. The summed E-state index contributed by atoms with van der Waals surface area (Å²) in [4.78, 5) is 37.1. The Labute approximate surface area is 225 Å². The highest BCUT2D eigenvalue weighted by molar-refractivity contribution is 6.32. The number of nitro benzene ring substituents is 1. The van der Waals surface area contributed by atoms with Crippen molar-refractivity contribution in [3.63, 3.8) is 0 Å². The number of alkyl halides is 3. The number of rotatable bonds is 10. The van der Waals surface area contributed by atoms with Gasteiger partial charge in [0.25, 0.3) is 5.91 Å². The number of hydrogen-bond donors (Lipinski definition) is 0. The molecule has 0 aliphatic rings. The van der Waals surface area contributed by atoms with E-state index in [1.807, 2.05) is 0 Å². The molecule has 0 fully saturated rings. The van der Waals surface area contributed by atoms with E-state index in [-0.39, 0.29) is 22.3 Å². The first-order chi connectivity index (χ1) is 18.4. The molecule has 1 unspecified atom stereocenters. The van der Waals surface area contributed by atoms with Crippen molar-refractivity contribution < 1.29 is 37.2 Å². The van der Waals surface area contributed by atoms with Crippen LogP contribution in [-0.2, 0) is 15.8 Å². The highest BCUT2D eigenvalue weighted by atomic mass is 35.5. The number of para-hydroxylation sites is 1. The molecule has 3 aromatic carbocycles. The van der Waals surface area contributed by atoms with Crippen LogP contribution in [0.2, 0.25) is 5.02 Å². The van der Waals surface area contributed by atoms with E-state index >= 15 is 0 Å². The number of nitriles is 1. The number of halogens is 4. The zero-order chi connectivity index (χ0) is 28.7. The molecule has 39 heavy (non-hydrogen) atoms. The van der Waals surface area contributed by atoms with Crippen molar-refractivity contribution in [1.82, 2.24) is 0 Å². The summed E-state index contributed by atoms with van der Waals surface area (Å²) in [5.41, 5.74) is -0.987. The third-order valence-corrected chi connectivity index (χ3v) is 5.69. The van der Waals surface area contributed by atoms with Crippen molar-refractivity contribution in [2.24, 2.45) is 5.92 Å². The summed E-state index contributed by atoms with van der Waals surface area (Å²) in [5, 5.41) is 20.5. The van der Waals surface area contributed by atoms with E-state index in [1.54, 1.807) is 36.4 Å². The smallest absolute Gasteiger partial charge is 0.416 e. The third-order valence-electron chi connectivity index (χ3n) is 5.39. The fraction of sp³-hybridized carbons (Fsp3) is 0.192. The van der Waals surface area contributed by atoms with Crippen LogP contribution in [0.3, 0.4) is 0 Å². The second kappa shape index (κ2) is 12.3. The molecule has 0 radical (unpaired) electrons.